The highest BCUT2D eigenvalue weighted by molar-refractivity contribution is 6.36. The minimum Gasteiger partial charge on any atom is -0.291 e. The molecule has 2 aromatic carbocycles. The lowest BCUT2D eigenvalue weighted by Gasteiger charge is -2.01. The number of halogens is 2. The minimum absolute atomic E-state index is 0.0340. The molecule has 0 aliphatic rings. The van der Waals surface area contributed by atoms with Crippen LogP contribution >= 0.6 is 23.2 Å². The van der Waals surface area contributed by atoms with Crippen molar-refractivity contribution in [2.24, 2.45) is 0 Å². The Bertz CT molecular complexity index is 642. The van der Waals surface area contributed by atoms with Crippen LogP contribution in [0.4, 0.5) is 0 Å². The van der Waals surface area contributed by atoms with Crippen LogP contribution in [-0.4, -0.2) is 17.3 Å². The molecular weight excluding hydrogens is 335 g/mol. The van der Waals surface area contributed by atoms with Crippen LogP contribution in [0, 0.1) is 0 Å². The van der Waals surface area contributed by atoms with E-state index in [2.05, 4.69) is 0 Å². The maximum absolute atomic E-state index is 12.0. The van der Waals surface area contributed by atoms with E-state index in [4.69, 9.17) is 23.2 Å². The van der Waals surface area contributed by atoms with E-state index in [1.807, 2.05) is 0 Å². The average molecular weight is 351 g/mol. The van der Waals surface area contributed by atoms with E-state index in [1.165, 1.54) is 6.92 Å². The standard InChI is InChI=1S/C13H8Cl2O.C5H8O2/c14-11-5-1-9(2-6-11)13(16)10-3-7-12(15)8-4-10;1-3-5(7)4(2)6/h1-8H;3H2,1-2H3. The van der Waals surface area contributed by atoms with Crippen LogP contribution in [0.2, 0.25) is 10.0 Å². The molecule has 0 aliphatic carbocycles. The van der Waals surface area contributed by atoms with Crippen molar-refractivity contribution in [3.63, 3.8) is 0 Å². The SMILES string of the molecule is CCC(=O)C(C)=O.O=C(c1ccc(Cl)cc1)c1ccc(Cl)cc1. The maximum Gasteiger partial charge on any atom is 0.197 e. The lowest BCUT2D eigenvalue weighted by Crippen LogP contribution is -2.06. The van der Waals surface area contributed by atoms with Crippen molar-refractivity contribution < 1.29 is 14.4 Å². The molecule has 5 heteroatoms. The van der Waals surface area contributed by atoms with Crippen molar-refractivity contribution in [1.29, 1.82) is 0 Å². The predicted octanol–water partition coefficient (Wildman–Crippen LogP) is 4.78. The molecule has 0 N–H and O–H groups in total. The summed E-state index contributed by atoms with van der Waals surface area (Å²) in [5.74, 6) is -0.671. The van der Waals surface area contributed by atoms with Crippen LogP contribution in [0.25, 0.3) is 0 Å². The van der Waals surface area contributed by atoms with Gasteiger partial charge in [-0.05, 0) is 48.5 Å². The summed E-state index contributed by atoms with van der Waals surface area (Å²) in [5, 5.41) is 1.24. The summed E-state index contributed by atoms with van der Waals surface area (Å²) in [4.78, 5) is 32.2. The zero-order chi connectivity index (χ0) is 17.4. The predicted molar refractivity (Wildman–Crippen MR) is 92.3 cm³/mol. The third-order valence-electron chi connectivity index (χ3n) is 2.93. The molecule has 23 heavy (non-hydrogen) atoms. The van der Waals surface area contributed by atoms with Gasteiger partial charge in [-0.25, -0.2) is 0 Å². The van der Waals surface area contributed by atoms with E-state index in [1.54, 1.807) is 55.5 Å². The first kappa shape index (κ1) is 19.1. The number of carbonyl (C=O) groups is 3. The second-order valence-corrected chi connectivity index (χ2v) is 5.55. The molecule has 0 aliphatic heterocycles. The Morgan fingerprint density at radius 3 is 1.35 bits per heavy atom. The molecule has 0 unspecified atom stereocenters. The molecule has 0 heterocycles. The fourth-order valence-corrected chi connectivity index (χ4v) is 1.87. The van der Waals surface area contributed by atoms with Gasteiger partial charge in [-0.3, -0.25) is 14.4 Å². The Morgan fingerprint density at radius 2 is 1.13 bits per heavy atom. The van der Waals surface area contributed by atoms with Gasteiger partial charge < -0.3 is 0 Å². The van der Waals surface area contributed by atoms with E-state index >= 15 is 0 Å². The Kier molecular flexibility index (Phi) is 7.66. The van der Waals surface area contributed by atoms with Gasteiger partial charge >= 0.3 is 0 Å². The topological polar surface area (TPSA) is 51.2 Å². The number of Topliss-reactive ketones (excluding diaryl/α,β-unsaturated/α-hetero) is 2. The van der Waals surface area contributed by atoms with Crippen LogP contribution in [0.5, 0.6) is 0 Å². The third-order valence-corrected chi connectivity index (χ3v) is 3.43. The van der Waals surface area contributed by atoms with Gasteiger partial charge in [-0.1, -0.05) is 30.1 Å². The first-order chi connectivity index (χ1) is 10.8. The highest BCUT2D eigenvalue weighted by atomic mass is 35.5. The molecular formula is C18H16Cl2O3. The van der Waals surface area contributed by atoms with E-state index < -0.39 is 0 Å². The second kappa shape index (κ2) is 9.23. The van der Waals surface area contributed by atoms with Crippen LogP contribution in [0.3, 0.4) is 0 Å². The molecule has 0 spiro atoms. The Morgan fingerprint density at radius 1 is 0.783 bits per heavy atom. The number of carbonyl (C=O) groups excluding carboxylic acids is 3. The highest BCUT2D eigenvalue weighted by Gasteiger charge is 2.08. The maximum atomic E-state index is 12.0. The van der Waals surface area contributed by atoms with Crippen molar-refractivity contribution in [3.8, 4) is 0 Å². The van der Waals surface area contributed by atoms with Gasteiger partial charge in [0, 0.05) is 34.5 Å². The molecule has 120 valence electrons. The first-order valence-electron chi connectivity index (χ1n) is 6.94. The molecule has 0 atom stereocenters. The fraction of sp³-hybridized carbons (Fsp3) is 0.167. The molecule has 0 saturated heterocycles. The van der Waals surface area contributed by atoms with Crippen LogP contribution in [0.1, 0.15) is 36.2 Å². The molecule has 2 rings (SSSR count). The van der Waals surface area contributed by atoms with Crippen LogP contribution in [-0.2, 0) is 9.59 Å². The molecule has 0 bridgehead atoms. The van der Waals surface area contributed by atoms with E-state index in [9.17, 15) is 14.4 Å². The summed E-state index contributed by atoms with van der Waals surface area (Å²) in [5.41, 5.74) is 1.23. The molecule has 0 aromatic heterocycles. The Balaban J connectivity index is 0.000000322. The van der Waals surface area contributed by atoms with E-state index in [0.717, 1.165) is 0 Å². The number of ketones is 3. The van der Waals surface area contributed by atoms with Crippen molar-refractivity contribution in [3.05, 3.63) is 69.7 Å². The van der Waals surface area contributed by atoms with Gasteiger partial charge in [-0.15, -0.1) is 0 Å². The third kappa shape index (κ3) is 6.35. The van der Waals surface area contributed by atoms with Gasteiger partial charge in [-0.2, -0.15) is 0 Å². The van der Waals surface area contributed by atoms with Crippen LogP contribution in [0.15, 0.2) is 48.5 Å². The quantitative estimate of drug-likeness (QED) is 0.588. The first-order valence-corrected chi connectivity index (χ1v) is 7.70. The Hall–Kier alpha value is -1.97. The van der Waals surface area contributed by atoms with Gasteiger partial charge in [0.2, 0.25) is 0 Å². The van der Waals surface area contributed by atoms with Gasteiger partial charge in [0.15, 0.2) is 17.3 Å². The molecule has 0 amide bonds. The second-order valence-electron chi connectivity index (χ2n) is 4.68. The lowest BCUT2D eigenvalue weighted by atomic mass is 10.0. The van der Waals surface area contributed by atoms with Gasteiger partial charge in [0.25, 0.3) is 0 Å². The van der Waals surface area contributed by atoms with Gasteiger partial charge in [0.1, 0.15) is 0 Å². The van der Waals surface area contributed by atoms with Crippen LogP contribution < -0.4 is 0 Å². The zero-order valence-electron chi connectivity index (χ0n) is 12.8. The molecule has 0 saturated carbocycles. The summed E-state index contributed by atoms with van der Waals surface area (Å²) in [6.07, 6.45) is 0.329. The summed E-state index contributed by atoms with van der Waals surface area (Å²) < 4.78 is 0. The average Bonchev–Trinajstić information content (AvgIpc) is 2.55. The number of rotatable bonds is 4. The summed E-state index contributed by atoms with van der Waals surface area (Å²) in [6, 6.07) is 13.6. The monoisotopic (exact) mass is 350 g/mol. The van der Waals surface area contributed by atoms with Crippen molar-refractivity contribution in [1.82, 2.24) is 0 Å². The molecule has 2 aromatic rings. The highest BCUT2D eigenvalue weighted by Crippen LogP contribution is 2.15. The van der Waals surface area contributed by atoms with Crippen molar-refractivity contribution in [2.75, 3.05) is 0 Å². The Labute approximate surface area is 145 Å². The summed E-state index contributed by atoms with van der Waals surface area (Å²) in [6.45, 7) is 2.95. The van der Waals surface area contributed by atoms with Crippen molar-refractivity contribution in [2.45, 2.75) is 20.3 Å². The molecule has 0 radical (unpaired) electrons. The molecule has 0 fully saturated rings. The number of hydrogen-bond acceptors (Lipinski definition) is 3. The van der Waals surface area contributed by atoms with Gasteiger partial charge in [0.05, 0.1) is 0 Å². The van der Waals surface area contributed by atoms with E-state index in [0.29, 0.717) is 27.6 Å². The van der Waals surface area contributed by atoms with E-state index in [-0.39, 0.29) is 17.3 Å². The van der Waals surface area contributed by atoms with Crippen molar-refractivity contribution >= 4 is 40.6 Å². The normalized spacial score (nSPS) is 9.57. The lowest BCUT2D eigenvalue weighted by molar-refractivity contribution is -0.135. The fourth-order valence-electron chi connectivity index (χ4n) is 1.62. The smallest absolute Gasteiger partial charge is 0.197 e. The number of benzene rings is 2. The number of hydrogen-bond donors (Lipinski definition) is 0. The summed E-state index contributed by atoms with van der Waals surface area (Å²) >= 11 is 11.5. The molecule has 3 nitrogen and oxygen atoms in total. The zero-order valence-corrected chi connectivity index (χ0v) is 14.3. The largest absolute Gasteiger partial charge is 0.291 e. The minimum atomic E-state index is -0.345. The summed E-state index contributed by atoms with van der Waals surface area (Å²) in [7, 11) is 0.